The lowest BCUT2D eigenvalue weighted by Gasteiger charge is -2.44. The van der Waals surface area contributed by atoms with Crippen molar-refractivity contribution in [2.45, 2.75) is 96.2 Å². The van der Waals surface area contributed by atoms with Crippen molar-refractivity contribution >= 4 is 0 Å². The highest BCUT2D eigenvalue weighted by molar-refractivity contribution is 4.76. The largest absolute Gasteiger partial charge is 0.412 e. The van der Waals surface area contributed by atoms with Crippen molar-refractivity contribution in [1.82, 2.24) is 10.0 Å². The van der Waals surface area contributed by atoms with Crippen LogP contribution in [-0.4, -0.2) is 51.4 Å². The van der Waals surface area contributed by atoms with Gasteiger partial charge < -0.3 is 16.1 Å². The normalized spacial score (nSPS) is 26.7. The Bertz CT molecular complexity index is 258. The second kappa shape index (κ2) is 12.3. The van der Waals surface area contributed by atoms with E-state index >= 15 is 0 Å². The maximum absolute atomic E-state index is 10.5. The Kier molecular flexibility index (Phi) is 12.1. The summed E-state index contributed by atoms with van der Waals surface area (Å²) in [5.74, 6) is 0. The molecule has 0 spiro atoms. The standard InChI is InChI=1S/C17H34N2O.2H2O/c1-2-14-19-17(20)13-9-6-10-15-18(19)16-11-7-4-3-5-8-12-16;;/h16-17,20H,2-15H2,1H3;2*1H2. The van der Waals surface area contributed by atoms with E-state index in [4.69, 9.17) is 0 Å². The highest BCUT2D eigenvalue weighted by Gasteiger charge is 2.29. The fraction of sp³-hybridized carbons (Fsp3) is 1.00. The van der Waals surface area contributed by atoms with Crippen molar-refractivity contribution < 1.29 is 16.1 Å². The maximum Gasteiger partial charge on any atom is 0.120 e. The SMILES string of the molecule is CCCN1C(O)CCCCCN1C1CCCCCCC1.O.O. The lowest BCUT2D eigenvalue weighted by Crippen LogP contribution is -2.54. The van der Waals surface area contributed by atoms with Gasteiger partial charge in [0.25, 0.3) is 0 Å². The molecule has 0 aromatic rings. The molecule has 0 aromatic heterocycles. The van der Waals surface area contributed by atoms with Crippen molar-refractivity contribution in [2.24, 2.45) is 0 Å². The van der Waals surface area contributed by atoms with Gasteiger partial charge in [-0.3, -0.25) is 0 Å². The topological polar surface area (TPSA) is 89.7 Å². The quantitative estimate of drug-likeness (QED) is 0.865. The summed E-state index contributed by atoms with van der Waals surface area (Å²) in [6.07, 6.45) is 15.2. The maximum atomic E-state index is 10.5. The molecule has 2 aliphatic rings. The van der Waals surface area contributed by atoms with E-state index in [-0.39, 0.29) is 17.2 Å². The fourth-order valence-electron chi connectivity index (χ4n) is 3.86. The summed E-state index contributed by atoms with van der Waals surface area (Å²) >= 11 is 0. The monoisotopic (exact) mass is 318 g/mol. The van der Waals surface area contributed by atoms with E-state index in [1.165, 1.54) is 64.2 Å². The van der Waals surface area contributed by atoms with Gasteiger partial charge in [0.1, 0.15) is 6.23 Å². The first-order valence-corrected chi connectivity index (χ1v) is 9.04. The molecule has 5 nitrogen and oxygen atoms in total. The number of hydrogen-bond donors (Lipinski definition) is 1. The Balaban J connectivity index is 0.00000220. The van der Waals surface area contributed by atoms with Gasteiger partial charge in [-0.2, -0.15) is 0 Å². The minimum absolute atomic E-state index is 0. The van der Waals surface area contributed by atoms with Crippen molar-refractivity contribution in [3.63, 3.8) is 0 Å². The molecule has 134 valence electrons. The van der Waals surface area contributed by atoms with E-state index in [9.17, 15) is 5.11 Å². The summed E-state index contributed by atoms with van der Waals surface area (Å²) in [4.78, 5) is 0. The van der Waals surface area contributed by atoms with Gasteiger partial charge in [0.2, 0.25) is 0 Å². The fourth-order valence-corrected chi connectivity index (χ4v) is 3.86. The molecule has 2 rings (SSSR count). The van der Waals surface area contributed by atoms with Crippen LogP contribution in [0.4, 0.5) is 0 Å². The number of aliphatic hydroxyl groups is 1. The molecule has 5 N–H and O–H groups in total. The summed E-state index contributed by atoms with van der Waals surface area (Å²) in [6, 6.07) is 0.676. The van der Waals surface area contributed by atoms with Crippen LogP contribution in [0.3, 0.4) is 0 Å². The van der Waals surface area contributed by atoms with Crippen molar-refractivity contribution in [2.75, 3.05) is 13.1 Å². The zero-order valence-electron chi connectivity index (χ0n) is 14.4. The molecule has 0 amide bonds. The van der Waals surface area contributed by atoms with Gasteiger partial charge in [-0.15, -0.1) is 0 Å². The van der Waals surface area contributed by atoms with Gasteiger partial charge in [-0.05, 0) is 38.5 Å². The molecule has 22 heavy (non-hydrogen) atoms. The minimum atomic E-state index is -0.249. The van der Waals surface area contributed by atoms with Crippen LogP contribution in [0, 0.1) is 0 Å². The third-order valence-corrected chi connectivity index (χ3v) is 4.97. The predicted octanol–water partition coefficient (Wildman–Crippen LogP) is 2.27. The molecular weight excluding hydrogens is 280 g/mol. The van der Waals surface area contributed by atoms with Gasteiger partial charge in [0, 0.05) is 19.1 Å². The second-order valence-electron chi connectivity index (χ2n) is 6.66. The predicted molar refractivity (Wildman–Crippen MR) is 91.5 cm³/mol. The van der Waals surface area contributed by atoms with Crippen LogP contribution < -0.4 is 0 Å². The first kappa shape index (κ1) is 21.8. The second-order valence-corrected chi connectivity index (χ2v) is 6.66. The molecule has 1 aliphatic heterocycles. The molecule has 2 fully saturated rings. The summed E-state index contributed by atoms with van der Waals surface area (Å²) in [5.41, 5.74) is 0. The zero-order valence-corrected chi connectivity index (χ0v) is 14.4. The summed E-state index contributed by atoms with van der Waals surface area (Å²) in [7, 11) is 0. The number of nitrogens with zero attached hydrogens (tertiary/aromatic N) is 2. The average molecular weight is 319 g/mol. The molecule has 1 heterocycles. The van der Waals surface area contributed by atoms with Crippen LogP contribution in [0.25, 0.3) is 0 Å². The average Bonchev–Trinajstić information content (AvgIpc) is 2.39. The van der Waals surface area contributed by atoms with E-state index in [0.29, 0.717) is 6.04 Å². The summed E-state index contributed by atoms with van der Waals surface area (Å²) in [5, 5.41) is 15.4. The number of hydrogen-bond acceptors (Lipinski definition) is 3. The van der Waals surface area contributed by atoms with E-state index in [1.54, 1.807) is 0 Å². The third-order valence-electron chi connectivity index (χ3n) is 4.97. The van der Waals surface area contributed by atoms with E-state index in [2.05, 4.69) is 16.9 Å². The molecule has 5 heteroatoms. The van der Waals surface area contributed by atoms with Gasteiger partial charge >= 0.3 is 0 Å². The van der Waals surface area contributed by atoms with Crippen LogP contribution in [0.2, 0.25) is 0 Å². The van der Waals surface area contributed by atoms with Crippen LogP contribution in [0.1, 0.15) is 84.0 Å². The number of aliphatic hydroxyl groups excluding tert-OH is 1. The molecule has 0 aromatic carbocycles. The molecular formula is C17H38N2O3. The summed E-state index contributed by atoms with van der Waals surface area (Å²) in [6.45, 7) is 4.39. The van der Waals surface area contributed by atoms with E-state index in [1.807, 2.05) is 0 Å². The molecule has 1 saturated carbocycles. The lowest BCUT2D eigenvalue weighted by molar-refractivity contribution is -0.171. The van der Waals surface area contributed by atoms with E-state index < -0.39 is 0 Å². The van der Waals surface area contributed by atoms with Crippen molar-refractivity contribution in [1.29, 1.82) is 0 Å². The Morgan fingerprint density at radius 3 is 2.00 bits per heavy atom. The van der Waals surface area contributed by atoms with Crippen LogP contribution in [0.15, 0.2) is 0 Å². The molecule has 1 aliphatic carbocycles. The van der Waals surface area contributed by atoms with Gasteiger partial charge in [0.05, 0.1) is 0 Å². The Morgan fingerprint density at radius 2 is 1.36 bits per heavy atom. The van der Waals surface area contributed by atoms with Crippen LogP contribution in [0.5, 0.6) is 0 Å². The third kappa shape index (κ3) is 6.50. The van der Waals surface area contributed by atoms with Gasteiger partial charge in [-0.25, -0.2) is 10.0 Å². The highest BCUT2D eigenvalue weighted by Crippen LogP contribution is 2.26. The molecule has 1 atom stereocenters. The van der Waals surface area contributed by atoms with E-state index in [0.717, 1.165) is 25.9 Å². The van der Waals surface area contributed by atoms with Crippen molar-refractivity contribution in [3.8, 4) is 0 Å². The molecule has 0 radical (unpaired) electrons. The van der Waals surface area contributed by atoms with Crippen molar-refractivity contribution in [3.05, 3.63) is 0 Å². The smallest absolute Gasteiger partial charge is 0.120 e. The highest BCUT2D eigenvalue weighted by atomic mass is 16.3. The minimum Gasteiger partial charge on any atom is -0.412 e. The zero-order chi connectivity index (χ0) is 14.2. The molecule has 1 unspecified atom stereocenters. The lowest BCUT2D eigenvalue weighted by atomic mass is 9.95. The summed E-state index contributed by atoms with van der Waals surface area (Å²) < 4.78 is 0. The Morgan fingerprint density at radius 1 is 0.818 bits per heavy atom. The molecule has 0 bridgehead atoms. The Labute approximate surface area is 136 Å². The number of rotatable bonds is 3. The first-order chi connectivity index (χ1) is 9.83. The van der Waals surface area contributed by atoms with Gasteiger partial charge in [-0.1, -0.05) is 45.4 Å². The van der Waals surface area contributed by atoms with Crippen LogP contribution >= 0.6 is 0 Å². The Hall–Kier alpha value is -0.200. The van der Waals surface area contributed by atoms with Gasteiger partial charge in [0.15, 0.2) is 0 Å². The number of hydrazine groups is 1. The van der Waals surface area contributed by atoms with Crippen LogP contribution in [-0.2, 0) is 0 Å². The molecule has 1 saturated heterocycles. The first-order valence-electron chi connectivity index (χ1n) is 9.04.